The third-order valence-electron chi connectivity index (χ3n) is 5.81. The predicted molar refractivity (Wildman–Crippen MR) is 72.3 cm³/mol. The summed E-state index contributed by atoms with van der Waals surface area (Å²) in [6.07, 6.45) is 10.5. The standard InChI is InChI=1S/C16H21N3/c1-11-9-18-15(8-17)19(11)10-16-5-12-2-13(6-16)4-14(3-12)7-16/h9,12-14H,2-7,10H2,1H3. The highest BCUT2D eigenvalue weighted by molar-refractivity contribution is 5.17. The zero-order chi connectivity index (χ0) is 13.0. The SMILES string of the molecule is Cc1cnc(C#N)n1CC12CC3CC(CC(C3)C1)C2. The van der Waals surface area contributed by atoms with Crippen molar-refractivity contribution in [3.05, 3.63) is 17.7 Å². The molecule has 3 nitrogen and oxygen atoms in total. The van der Waals surface area contributed by atoms with Crippen LogP contribution in [0.25, 0.3) is 0 Å². The third-order valence-corrected chi connectivity index (χ3v) is 5.81. The van der Waals surface area contributed by atoms with E-state index in [1.165, 1.54) is 38.5 Å². The Balaban J connectivity index is 1.66. The van der Waals surface area contributed by atoms with Crippen molar-refractivity contribution in [1.29, 1.82) is 5.26 Å². The van der Waals surface area contributed by atoms with Gasteiger partial charge in [0.15, 0.2) is 0 Å². The Morgan fingerprint density at radius 1 is 1.26 bits per heavy atom. The van der Waals surface area contributed by atoms with Crippen LogP contribution in [0.15, 0.2) is 6.20 Å². The molecule has 4 fully saturated rings. The van der Waals surface area contributed by atoms with E-state index in [4.69, 9.17) is 0 Å². The average molecular weight is 255 g/mol. The number of nitrogens with zero attached hydrogens (tertiary/aromatic N) is 3. The molecule has 0 unspecified atom stereocenters. The lowest BCUT2D eigenvalue weighted by atomic mass is 9.49. The molecule has 4 saturated carbocycles. The maximum absolute atomic E-state index is 9.21. The fraction of sp³-hybridized carbons (Fsp3) is 0.750. The van der Waals surface area contributed by atoms with Gasteiger partial charge in [-0.25, -0.2) is 4.98 Å². The summed E-state index contributed by atoms with van der Waals surface area (Å²) in [6, 6.07) is 2.25. The van der Waals surface area contributed by atoms with Crippen molar-refractivity contribution in [3.8, 4) is 6.07 Å². The molecule has 19 heavy (non-hydrogen) atoms. The topological polar surface area (TPSA) is 41.6 Å². The van der Waals surface area contributed by atoms with Crippen LogP contribution < -0.4 is 0 Å². The lowest BCUT2D eigenvalue weighted by Crippen LogP contribution is -2.48. The quantitative estimate of drug-likeness (QED) is 0.813. The van der Waals surface area contributed by atoms with Crippen molar-refractivity contribution < 1.29 is 0 Å². The summed E-state index contributed by atoms with van der Waals surface area (Å²) in [5.41, 5.74) is 1.62. The Morgan fingerprint density at radius 3 is 2.37 bits per heavy atom. The maximum Gasteiger partial charge on any atom is 0.212 e. The van der Waals surface area contributed by atoms with Gasteiger partial charge in [0, 0.05) is 18.4 Å². The van der Waals surface area contributed by atoms with E-state index in [1.807, 2.05) is 6.20 Å². The number of nitriles is 1. The Labute approximate surface area is 114 Å². The molecule has 0 radical (unpaired) electrons. The number of aromatic nitrogens is 2. The molecule has 0 aromatic carbocycles. The first kappa shape index (κ1) is 11.5. The van der Waals surface area contributed by atoms with Crippen LogP contribution in [0.2, 0.25) is 0 Å². The minimum absolute atomic E-state index is 0.478. The van der Waals surface area contributed by atoms with Gasteiger partial charge < -0.3 is 4.57 Å². The highest BCUT2D eigenvalue weighted by Crippen LogP contribution is 2.60. The van der Waals surface area contributed by atoms with Crippen molar-refractivity contribution in [2.45, 2.75) is 52.0 Å². The second-order valence-electron chi connectivity index (χ2n) is 7.34. The van der Waals surface area contributed by atoms with Gasteiger partial charge in [0.1, 0.15) is 6.07 Å². The van der Waals surface area contributed by atoms with Gasteiger partial charge in [-0.15, -0.1) is 0 Å². The fourth-order valence-corrected chi connectivity index (χ4v) is 5.57. The second kappa shape index (κ2) is 3.85. The number of hydrogen-bond donors (Lipinski definition) is 0. The average Bonchev–Trinajstić information content (AvgIpc) is 2.68. The van der Waals surface area contributed by atoms with Crippen LogP contribution in [0.3, 0.4) is 0 Å². The molecular formula is C16H21N3. The molecule has 1 aromatic heterocycles. The first-order chi connectivity index (χ1) is 9.17. The predicted octanol–water partition coefficient (Wildman–Crippen LogP) is 3.28. The molecule has 4 aliphatic rings. The molecule has 1 aromatic rings. The summed E-state index contributed by atoms with van der Waals surface area (Å²) in [6.45, 7) is 3.11. The second-order valence-corrected chi connectivity index (χ2v) is 7.34. The minimum atomic E-state index is 0.478. The normalized spacial score (nSPS) is 39.5. The van der Waals surface area contributed by atoms with Crippen LogP contribution in [0, 0.1) is 41.4 Å². The van der Waals surface area contributed by atoms with Gasteiger partial charge in [-0.3, -0.25) is 0 Å². The smallest absolute Gasteiger partial charge is 0.212 e. The molecule has 0 spiro atoms. The van der Waals surface area contributed by atoms with Gasteiger partial charge in [-0.1, -0.05) is 0 Å². The lowest BCUT2D eigenvalue weighted by Gasteiger charge is -2.57. The number of hydrogen-bond acceptors (Lipinski definition) is 2. The molecule has 5 rings (SSSR count). The van der Waals surface area contributed by atoms with Crippen molar-refractivity contribution in [2.75, 3.05) is 0 Å². The summed E-state index contributed by atoms with van der Waals surface area (Å²) >= 11 is 0. The van der Waals surface area contributed by atoms with E-state index >= 15 is 0 Å². The van der Waals surface area contributed by atoms with Gasteiger partial charge in [0.05, 0.1) is 0 Å². The van der Waals surface area contributed by atoms with Gasteiger partial charge in [0.25, 0.3) is 0 Å². The molecule has 1 heterocycles. The molecule has 100 valence electrons. The molecule has 3 heteroatoms. The zero-order valence-electron chi connectivity index (χ0n) is 11.6. The Morgan fingerprint density at radius 2 is 1.84 bits per heavy atom. The molecule has 0 N–H and O–H groups in total. The van der Waals surface area contributed by atoms with Crippen LogP contribution in [0.1, 0.15) is 50.0 Å². The third kappa shape index (κ3) is 1.73. The molecule has 4 bridgehead atoms. The van der Waals surface area contributed by atoms with Crippen LogP contribution in [-0.2, 0) is 6.54 Å². The monoisotopic (exact) mass is 255 g/mol. The number of imidazole rings is 1. The highest BCUT2D eigenvalue weighted by Gasteiger charge is 2.51. The summed E-state index contributed by atoms with van der Waals surface area (Å²) in [5, 5.41) is 9.21. The van der Waals surface area contributed by atoms with Crippen molar-refractivity contribution in [3.63, 3.8) is 0 Å². The highest BCUT2D eigenvalue weighted by atomic mass is 15.1. The Kier molecular flexibility index (Phi) is 2.33. The lowest BCUT2D eigenvalue weighted by molar-refractivity contribution is -0.0622. The number of aryl methyl sites for hydroxylation is 1. The van der Waals surface area contributed by atoms with Crippen molar-refractivity contribution >= 4 is 0 Å². The summed E-state index contributed by atoms with van der Waals surface area (Å²) in [5.74, 6) is 3.52. The van der Waals surface area contributed by atoms with E-state index in [0.717, 1.165) is 30.0 Å². The van der Waals surface area contributed by atoms with Crippen LogP contribution in [-0.4, -0.2) is 9.55 Å². The van der Waals surface area contributed by atoms with Crippen LogP contribution in [0.4, 0.5) is 0 Å². The molecule has 0 aliphatic heterocycles. The van der Waals surface area contributed by atoms with E-state index in [-0.39, 0.29) is 0 Å². The fourth-order valence-electron chi connectivity index (χ4n) is 5.57. The summed E-state index contributed by atoms with van der Waals surface area (Å²) in [7, 11) is 0. The summed E-state index contributed by atoms with van der Waals surface area (Å²) in [4.78, 5) is 4.23. The molecule has 0 amide bonds. The van der Waals surface area contributed by atoms with Gasteiger partial charge in [-0.05, 0) is 68.6 Å². The van der Waals surface area contributed by atoms with Gasteiger partial charge >= 0.3 is 0 Å². The molecule has 4 aliphatic carbocycles. The van der Waals surface area contributed by atoms with Crippen molar-refractivity contribution in [1.82, 2.24) is 9.55 Å². The largest absolute Gasteiger partial charge is 0.320 e. The van der Waals surface area contributed by atoms with E-state index in [1.54, 1.807) is 0 Å². The molecule has 0 saturated heterocycles. The van der Waals surface area contributed by atoms with Crippen LogP contribution >= 0.6 is 0 Å². The van der Waals surface area contributed by atoms with Gasteiger partial charge in [-0.2, -0.15) is 5.26 Å². The molecule has 0 atom stereocenters. The first-order valence-electron chi connectivity index (χ1n) is 7.60. The Bertz CT molecular complexity index is 514. The van der Waals surface area contributed by atoms with Crippen molar-refractivity contribution in [2.24, 2.45) is 23.2 Å². The van der Waals surface area contributed by atoms with Crippen LogP contribution in [0.5, 0.6) is 0 Å². The van der Waals surface area contributed by atoms with E-state index in [9.17, 15) is 5.26 Å². The summed E-state index contributed by atoms with van der Waals surface area (Å²) < 4.78 is 2.17. The first-order valence-corrected chi connectivity index (χ1v) is 7.60. The van der Waals surface area contributed by atoms with E-state index in [0.29, 0.717) is 11.2 Å². The van der Waals surface area contributed by atoms with Gasteiger partial charge in [0.2, 0.25) is 5.82 Å². The van der Waals surface area contributed by atoms with E-state index < -0.39 is 0 Å². The molecular weight excluding hydrogens is 234 g/mol. The zero-order valence-corrected chi connectivity index (χ0v) is 11.6. The maximum atomic E-state index is 9.21. The minimum Gasteiger partial charge on any atom is -0.320 e. The Hall–Kier alpha value is -1.30. The van der Waals surface area contributed by atoms with E-state index in [2.05, 4.69) is 22.5 Å². The number of rotatable bonds is 2.